The fourth-order valence-electron chi connectivity index (χ4n) is 2.75. The van der Waals surface area contributed by atoms with Gasteiger partial charge in [0.2, 0.25) is 0 Å². The maximum absolute atomic E-state index is 11.1. The molecule has 0 fully saturated rings. The summed E-state index contributed by atoms with van der Waals surface area (Å²) in [6, 6.07) is 3.88. The van der Waals surface area contributed by atoms with E-state index in [4.69, 9.17) is 14.6 Å². The summed E-state index contributed by atoms with van der Waals surface area (Å²) >= 11 is 0. The molecule has 4 nitrogen and oxygen atoms in total. The van der Waals surface area contributed by atoms with Crippen LogP contribution in [0.3, 0.4) is 0 Å². The molecule has 4 heteroatoms. The lowest BCUT2D eigenvalue weighted by Gasteiger charge is -2.27. The third-order valence-corrected chi connectivity index (χ3v) is 3.69. The second kappa shape index (κ2) is 5.73. The fourth-order valence-corrected chi connectivity index (χ4v) is 2.75. The molecule has 0 bridgehead atoms. The minimum atomic E-state index is -0.788. The molecule has 20 heavy (non-hydrogen) atoms. The summed E-state index contributed by atoms with van der Waals surface area (Å²) in [5, 5.41) is 9.10. The SMILES string of the molecule is CCc1c(C(C)(C)CC(=O)O)ccc2c1OCCCO2. The van der Waals surface area contributed by atoms with Crippen molar-refractivity contribution in [2.75, 3.05) is 13.2 Å². The smallest absolute Gasteiger partial charge is 0.304 e. The summed E-state index contributed by atoms with van der Waals surface area (Å²) in [5.74, 6) is 0.777. The van der Waals surface area contributed by atoms with E-state index in [1.807, 2.05) is 26.0 Å². The van der Waals surface area contributed by atoms with Gasteiger partial charge in [-0.1, -0.05) is 26.8 Å². The monoisotopic (exact) mass is 278 g/mol. The normalized spacial score (nSPS) is 14.8. The van der Waals surface area contributed by atoms with E-state index in [0.29, 0.717) is 13.2 Å². The minimum absolute atomic E-state index is 0.0969. The van der Waals surface area contributed by atoms with Crippen molar-refractivity contribution in [1.82, 2.24) is 0 Å². The molecular formula is C16H22O4. The molecule has 110 valence electrons. The standard InChI is InChI=1S/C16H22O4/c1-4-11-12(16(2,3)10-14(17)18)6-7-13-15(11)20-9-5-8-19-13/h6-7H,4-5,8-10H2,1-3H3,(H,17,18). The van der Waals surface area contributed by atoms with Gasteiger partial charge in [0.05, 0.1) is 19.6 Å². The third-order valence-electron chi connectivity index (χ3n) is 3.69. The predicted molar refractivity (Wildman–Crippen MR) is 76.7 cm³/mol. The third kappa shape index (κ3) is 2.89. The van der Waals surface area contributed by atoms with Gasteiger partial charge in [-0.25, -0.2) is 0 Å². The lowest BCUT2D eigenvalue weighted by molar-refractivity contribution is -0.138. The zero-order chi connectivity index (χ0) is 14.8. The van der Waals surface area contributed by atoms with Crippen LogP contribution in [0.1, 0.15) is 44.7 Å². The Hall–Kier alpha value is -1.71. The number of rotatable bonds is 4. The Bertz CT molecular complexity index is 505. The van der Waals surface area contributed by atoms with Crippen molar-refractivity contribution in [3.8, 4) is 11.5 Å². The van der Waals surface area contributed by atoms with Crippen LogP contribution in [0.2, 0.25) is 0 Å². The molecule has 0 radical (unpaired) electrons. The molecule has 1 heterocycles. The van der Waals surface area contributed by atoms with Crippen molar-refractivity contribution in [3.63, 3.8) is 0 Å². The van der Waals surface area contributed by atoms with E-state index in [-0.39, 0.29) is 6.42 Å². The van der Waals surface area contributed by atoms with Crippen LogP contribution in [0.4, 0.5) is 0 Å². The van der Waals surface area contributed by atoms with Crippen molar-refractivity contribution in [3.05, 3.63) is 23.3 Å². The van der Waals surface area contributed by atoms with E-state index in [1.54, 1.807) is 0 Å². The first-order chi connectivity index (χ1) is 9.45. The van der Waals surface area contributed by atoms with Crippen LogP contribution in [-0.4, -0.2) is 24.3 Å². The average molecular weight is 278 g/mol. The van der Waals surface area contributed by atoms with Gasteiger partial charge in [0, 0.05) is 17.4 Å². The molecule has 0 atom stereocenters. The Labute approximate surface area is 119 Å². The summed E-state index contributed by atoms with van der Waals surface area (Å²) in [6.07, 6.45) is 1.76. The lowest BCUT2D eigenvalue weighted by Crippen LogP contribution is -2.23. The van der Waals surface area contributed by atoms with Crippen molar-refractivity contribution in [2.45, 2.75) is 45.4 Å². The highest BCUT2D eigenvalue weighted by Crippen LogP contribution is 2.41. The van der Waals surface area contributed by atoms with Gasteiger partial charge in [-0.3, -0.25) is 4.79 Å². The molecule has 0 spiro atoms. The summed E-state index contributed by atoms with van der Waals surface area (Å²) < 4.78 is 11.5. The molecule has 0 saturated carbocycles. The van der Waals surface area contributed by atoms with E-state index < -0.39 is 11.4 Å². The first-order valence-electron chi connectivity index (χ1n) is 7.09. The molecule has 0 aliphatic carbocycles. The quantitative estimate of drug-likeness (QED) is 0.919. The number of hydrogen-bond acceptors (Lipinski definition) is 3. The summed E-state index contributed by atoms with van der Waals surface area (Å²) in [5.41, 5.74) is 1.67. The van der Waals surface area contributed by atoms with Crippen molar-refractivity contribution in [1.29, 1.82) is 0 Å². The molecule has 1 aliphatic heterocycles. The number of benzene rings is 1. The number of fused-ring (bicyclic) bond motifs is 1. The summed E-state index contributed by atoms with van der Waals surface area (Å²) in [7, 11) is 0. The number of ether oxygens (including phenoxy) is 2. The highest BCUT2D eigenvalue weighted by atomic mass is 16.5. The Morgan fingerprint density at radius 1 is 1.30 bits per heavy atom. The van der Waals surface area contributed by atoms with Gasteiger partial charge in [0.25, 0.3) is 0 Å². The van der Waals surface area contributed by atoms with Crippen LogP contribution in [-0.2, 0) is 16.6 Å². The molecule has 1 aromatic carbocycles. The number of carbonyl (C=O) groups is 1. The van der Waals surface area contributed by atoms with Gasteiger partial charge in [0.15, 0.2) is 11.5 Å². The van der Waals surface area contributed by atoms with Gasteiger partial charge in [-0.2, -0.15) is 0 Å². The maximum atomic E-state index is 11.1. The average Bonchev–Trinajstić information content (AvgIpc) is 2.60. The Morgan fingerprint density at radius 3 is 2.65 bits per heavy atom. The van der Waals surface area contributed by atoms with Crippen molar-refractivity contribution in [2.24, 2.45) is 0 Å². The largest absolute Gasteiger partial charge is 0.490 e. The zero-order valence-electron chi connectivity index (χ0n) is 12.4. The highest BCUT2D eigenvalue weighted by Gasteiger charge is 2.29. The van der Waals surface area contributed by atoms with Crippen LogP contribution in [0, 0.1) is 0 Å². The molecule has 0 saturated heterocycles. The minimum Gasteiger partial charge on any atom is -0.490 e. The Morgan fingerprint density at radius 2 is 2.00 bits per heavy atom. The maximum Gasteiger partial charge on any atom is 0.304 e. The van der Waals surface area contributed by atoms with E-state index in [9.17, 15) is 4.79 Å². The van der Waals surface area contributed by atoms with Crippen LogP contribution >= 0.6 is 0 Å². The first-order valence-corrected chi connectivity index (χ1v) is 7.09. The fraction of sp³-hybridized carbons (Fsp3) is 0.562. The van der Waals surface area contributed by atoms with E-state index in [1.165, 1.54) is 0 Å². The van der Waals surface area contributed by atoms with Crippen LogP contribution in [0.5, 0.6) is 11.5 Å². The van der Waals surface area contributed by atoms with Gasteiger partial charge in [0.1, 0.15) is 0 Å². The van der Waals surface area contributed by atoms with Crippen molar-refractivity contribution >= 4 is 5.97 Å². The number of aliphatic carboxylic acids is 1. The zero-order valence-corrected chi connectivity index (χ0v) is 12.4. The molecule has 2 rings (SSSR count). The van der Waals surface area contributed by atoms with Crippen LogP contribution < -0.4 is 9.47 Å². The lowest BCUT2D eigenvalue weighted by atomic mass is 9.78. The van der Waals surface area contributed by atoms with Gasteiger partial charge in [-0.15, -0.1) is 0 Å². The molecule has 0 aromatic heterocycles. The topological polar surface area (TPSA) is 55.8 Å². The van der Waals surface area contributed by atoms with E-state index in [0.717, 1.165) is 35.5 Å². The first kappa shape index (κ1) is 14.7. The predicted octanol–water partition coefficient (Wildman–Crippen LogP) is 3.16. The van der Waals surface area contributed by atoms with Gasteiger partial charge >= 0.3 is 5.97 Å². The number of carboxylic acids is 1. The van der Waals surface area contributed by atoms with Gasteiger partial charge in [-0.05, 0) is 18.1 Å². The highest BCUT2D eigenvalue weighted by molar-refractivity contribution is 5.69. The Kier molecular flexibility index (Phi) is 4.21. The molecule has 1 aromatic rings. The molecule has 1 aliphatic rings. The summed E-state index contributed by atoms with van der Waals surface area (Å²) in [4.78, 5) is 11.1. The second-order valence-corrected chi connectivity index (χ2v) is 5.78. The number of carboxylic acid groups (broad SMARTS) is 1. The van der Waals surface area contributed by atoms with Crippen LogP contribution in [0.15, 0.2) is 12.1 Å². The summed E-state index contributed by atoms with van der Waals surface area (Å²) in [6.45, 7) is 7.28. The molecular weight excluding hydrogens is 256 g/mol. The molecule has 0 unspecified atom stereocenters. The van der Waals surface area contributed by atoms with E-state index in [2.05, 4.69) is 6.92 Å². The van der Waals surface area contributed by atoms with Crippen LogP contribution in [0.25, 0.3) is 0 Å². The number of hydrogen-bond donors (Lipinski definition) is 1. The Balaban J connectivity index is 2.49. The van der Waals surface area contributed by atoms with Crippen molar-refractivity contribution < 1.29 is 19.4 Å². The van der Waals surface area contributed by atoms with Gasteiger partial charge < -0.3 is 14.6 Å². The molecule has 0 amide bonds. The molecule has 1 N–H and O–H groups in total. The van der Waals surface area contributed by atoms with E-state index >= 15 is 0 Å². The second-order valence-electron chi connectivity index (χ2n) is 5.78.